The summed E-state index contributed by atoms with van der Waals surface area (Å²) < 4.78 is 16.9. The highest BCUT2D eigenvalue weighted by Crippen LogP contribution is 2.34. The van der Waals surface area contributed by atoms with E-state index in [1.54, 1.807) is 28.5 Å². The van der Waals surface area contributed by atoms with Crippen LogP contribution in [-0.2, 0) is 6.54 Å². The van der Waals surface area contributed by atoms with Crippen LogP contribution >= 0.6 is 11.8 Å². The van der Waals surface area contributed by atoms with Crippen LogP contribution in [0.15, 0.2) is 58.5 Å². The molecule has 150 valence electrons. The lowest BCUT2D eigenvalue weighted by Crippen LogP contribution is -2.24. The van der Waals surface area contributed by atoms with Crippen molar-refractivity contribution in [1.82, 2.24) is 19.2 Å². The molecule has 4 rings (SSSR count). The van der Waals surface area contributed by atoms with Crippen molar-refractivity contribution in [2.24, 2.45) is 5.92 Å². The molecule has 0 fully saturated rings. The lowest BCUT2D eigenvalue weighted by Gasteiger charge is -2.14. The maximum Gasteiger partial charge on any atom is 0.262 e. The number of para-hydroxylation sites is 1. The summed E-state index contributed by atoms with van der Waals surface area (Å²) in [6.07, 6.45) is 0.884. The quantitative estimate of drug-likeness (QED) is 0.416. The molecule has 4 aromatic rings. The fraction of sp³-hybridized carbons (Fsp3) is 0.318. The highest BCUT2D eigenvalue weighted by molar-refractivity contribution is 7.99. The number of rotatable bonds is 6. The largest absolute Gasteiger partial charge is 0.276 e. The monoisotopic (exact) mass is 410 g/mol. The van der Waals surface area contributed by atoms with E-state index in [1.807, 2.05) is 28.7 Å². The van der Waals surface area contributed by atoms with E-state index in [0.717, 1.165) is 17.5 Å². The van der Waals surface area contributed by atoms with E-state index >= 15 is 0 Å². The average Bonchev–Trinajstić information content (AvgIpc) is 3.11. The summed E-state index contributed by atoms with van der Waals surface area (Å²) in [7, 11) is 0. The van der Waals surface area contributed by atoms with Crippen LogP contribution in [0.25, 0.3) is 16.7 Å². The topological polar surface area (TPSA) is 52.2 Å². The Labute approximate surface area is 172 Å². The Hall–Kier alpha value is -2.67. The van der Waals surface area contributed by atoms with Crippen molar-refractivity contribution in [1.29, 1.82) is 0 Å². The third-order valence-electron chi connectivity index (χ3n) is 5.03. The van der Waals surface area contributed by atoms with Gasteiger partial charge in [0.25, 0.3) is 5.56 Å². The van der Waals surface area contributed by atoms with Gasteiger partial charge < -0.3 is 0 Å². The Morgan fingerprint density at radius 1 is 1.03 bits per heavy atom. The predicted octanol–water partition coefficient (Wildman–Crippen LogP) is 5.08. The summed E-state index contributed by atoms with van der Waals surface area (Å²) >= 11 is 1.54. The molecule has 29 heavy (non-hydrogen) atoms. The van der Waals surface area contributed by atoms with Crippen LogP contribution in [-0.4, -0.2) is 19.2 Å². The molecule has 7 heteroatoms. The van der Waals surface area contributed by atoms with Crippen LogP contribution in [0.5, 0.6) is 0 Å². The minimum absolute atomic E-state index is 0.0377. The minimum atomic E-state index is -0.251. The van der Waals surface area contributed by atoms with E-state index < -0.39 is 0 Å². The summed E-state index contributed by atoms with van der Waals surface area (Å²) in [5.74, 6) is 0.783. The van der Waals surface area contributed by atoms with E-state index in [0.29, 0.717) is 28.8 Å². The predicted molar refractivity (Wildman–Crippen MR) is 115 cm³/mol. The molecule has 2 aromatic carbocycles. The number of hydrogen-bond acceptors (Lipinski definition) is 4. The van der Waals surface area contributed by atoms with E-state index in [-0.39, 0.29) is 16.6 Å². The lowest BCUT2D eigenvalue weighted by atomic mass is 10.1. The molecule has 1 atom stereocenters. The number of aromatic nitrogens is 4. The molecule has 0 amide bonds. The lowest BCUT2D eigenvalue weighted by molar-refractivity contribution is 0.512. The van der Waals surface area contributed by atoms with Crippen LogP contribution in [0.4, 0.5) is 4.39 Å². The van der Waals surface area contributed by atoms with Crippen molar-refractivity contribution >= 4 is 28.4 Å². The molecule has 2 aromatic heterocycles. The molecule has 0 aliphatic heterocycles. The van der Waals surface area contributed by atoms with Crippen LogP contribution in [0.1, 0.15) is 38.0 Å². The van der Waals surface area contributed by atoms with Gasteiger partial charge in [-0.05, 0) is 49.1 Å². The van der Waals surface area contributed by atoms with Crippen molar-refractivity contribution in [3.8, 4) is 0 Å². The third kappa shape index (κ3) is 3.79. The molecule has 0 saturated heterocycles. The van der Waals surface area contributed by atoms with Gasteiger partial charge in [-0.15, -0.1) is 10.2 Å². The van der Waals surface area contributed by atoms with Crippen molar-refractivity contribution in [2.45, 2.75) is 44.1 Å². The molecule has 5 nitrogen and oxygen atoms in total. The normalized spacial score (nSPS) is 12.9. The minimum Gasteiger partial charge on any atom is -0.276 e. The number of aryl methyl sites for hydroxylation is 1. The molecule has 0 saturated carbocycles. The van der Waals surface area contributed by atoms with E-state index in [4.69, 9.17) is 0 Å². The fourth-order valence-electron chi connectivity index (χ4n) is 3.36. The highest BCUT2D eigenvalue weighted by Gasteiger charge is 2.19. The molecule has 0 aliphatic carbocycles. The number of fused-ring (bicyclic) bond motifs is 3. The molecular formula is C22H23FN4OS. The van der Waals surface area contributed by atoms with Gasteiger partial charge in [-0.3, -0.25) is 13.8 Å². The van der Waals surface area contributed by atoms with Crippen LogP contribution in [0, 0.1) is 11.7 Å². The Balaban J connectivity index is 1.83. The van der Waals surface area contributed by atoms with Gasteiger partial charge in [0.1, 0.15) is 5.82 Å². The number of benzene rings is 2. The van der Waals surface area contributed by atoms with Gasteiger partial charge >= 0.3 is 0 Å². The summed E-state index contributed by atoms with van der Waals surface area (Å²) in [4.78, 5) is 13.1. The van der Waals surface area contributed by atoms with Gasteiger partial charge in [0, 0.05) is 11.8 Å². The Morgan fingerprint density at radius 2 is 1.76 bits per heavy atom. The molecule has 0 spiro atoms. The molecule has 0 bridgehead atoms. The van der Waals surface area contributed by atoms with E-state index in [9.17, 15) is 9.18 Å². The smallest absolute Gasteiger partial charge is 0.262 e. The maximum atomic E-state index is 13.3. The first-order valence-corrected chi connectivity index (χ1v) is 10.6. The first kappa shape index (κ1) is 19.6. The zero-order valence-electron chi connectivity index (χ0n) is 16.7. The molecule has 0 radical (unpaired) electrons. The van der Waals surface area contributed by atoms with Crippen molar-refractivity contribution in [3.05, 3.63) is 70.3 Å². The van der Waals surface area contributed by atoms with E-state index in [1.165, 1.54) is 12.1 Å². The number of halogens is 1. The summed E-state index contributed by atoms with van der Waals surface area (Å²) in [6.45, 7) is 6.93. The van der Waals surface area contributed by atoms with Crippen LogP contribution in [0.3, 0.4) is 0 Å². The van der Waals surface area contributed by atoms with Gasteiger partial charge in [-0.1, -0.05) is 49.9 Å². The Bertz CT molecular complexity index is 1210. The third-order valence-corrected chi connectivity index (χ3v) is 6.13. The SMILES string of the molecule is CC(C)CCn1c(=O)c2ccccc2n2c(SC(C)c3ccc(F)cc3)nnc12. The average molecular weight is 411 g/mol. The van der Waals surface area contributed by atoms with Gasteiger partial charge in [0.05, 0.1) is 10.9 Å². The Kier molecular flexibility index (Phi) is 5.41. The first-order valence-electron chi connectivity index (χ1n) is 9.74. The molecule has 0 aliphatic rings. The highest BCUT2D eigenvalue weighted by atomic mass is 32.2. The molecule has 0 N–H and O–H groups in total. The zero-order chi connectivity index (χ0) is 20.5. The number of hydrogen-bond donors (Lipinski definition) is 0. The standard InChI is InChI=1S/C22H23FN4OS/c1-14(2)12-13-26-20(28)18-6-4-5-7-19(18)27-21(26)24-25-22(27)29-15(3)16-8-10-17(23)11-9-16/h4-11,14-15H,12-13H2,1-3H3. The molecule has 1 unspecified atom stereocenters. The van der Waals surface area contributed by atoms with Crippen molar-refractivity contribution in [3.63, 3.8) is 0 Å². The van der Waals surface area contributed by atoms with Crippen LogP contribution < -0.4 is 5.56 Å². The second-order valence-corrected chi connectivity index (χ2v) is 8.89. The summed E-state index contributed by atoms with van der Waals surface area (Å²) in [5, 5.41) is 10.2. The van der Waals surface area contributed by atoms with Crippen molar-refractivity contribution in [2.75, 3.05) is 0 Å². The first-order chi connectivity index (χ1) is 14.0. The van der Waals surface area contributed by atoms with Gasteiger partial charge in [-0.2, -0.15) is 0 Å². The van der Waals surface area contributed by atoms with Crippen molar-refractivity contribution < 1.29 is 4.39 Å². The van der Waals surface area contributed by atoms with E-state index in [2.05, 4.69) is 31.0 Å². The molecular weight excluding hydrogens is 387 g/mol. The number of nitrogens with zero attached hydrogens (tertiary/aromatic N) is 4. The fourth-order valence-corrected chi connectivity index (χ4v) is 4.34. The zero-order valence-corrected chi connectivity index (χ0v) is 17.5. The number of thioether (sulfide) groups is 1. The van der Waals surface area contributed by atoms with Crippen LogP contribution in [0.2, 0.25) is 0 Å². The van der Waals surface area contributed by atoms with Gasteiger partial charge in [-0.25, -0.2) is 4.39 Å². The molecule has 2 heterocycles. The Morgan fingerprint density at radius 3 is 2.48 bits per heavy atom. The van der Waals surface area contributed by atoms with Gasteiger partial charge in [0.2, 0.25) is 5.78 Å². The van der Waals surface area contributed by atoms with Gasteiger partial charge in [0.15, 0.2) is 5.16 Å². The maximum absolute atomic E-state index is 13.3. The summed E-state index contributed by atoms with van der Waals surface area (Å²) in [6, 6.07) is 14.1. The summed E-state index contributed by atoms with van der Waals surface area (Å²) in [5.41, 5.74) is 1.77. The second kappa shape index (κ2) is 7.99. The second-order valence-electron chi connectivity index (χ2n) is 7.59.